The van der Waals surface area contributed by atoms with Crippen molar-refractivity contribution in [1.29, 1.82) is 0 Å². The highest BCUT2D eigenvalue weighted by atomic mass is 16.5. The lowest BCUT2D eigenvalue weighted by molar-refractivity contribution is -0.127. The van der Waals surface area contributed by atoms with Gasteiger partial charge in [0.2, 0.25) is 23.7 Å². The molecule has 1 aliphatic carbocycles. The highest BCUT2D eigenvalue weighted by Crippen LogP contribution is 2.32. The first-order chi connectivity index (χ1) is 17.4. The maximum absolute atomic E-state index is 13.0. The molecule has 0 spiro atoms. The fourth-order valence-electron chi connectivity index (χ4n) is 4.52. The van der Waals surface area contributed by atoms with Crippen LogP contribution in [0.2, 0.25) is 0 Å². The summed E-state index contributed by atoms with van der Waals surface area (Å²) in [5.74, 6) is 1.08. The number of ether oxygens (including phenoxy) is 2. The molecule has 1 saturated carbocycles. The van der Waals surface area contributed by atoms with E-state index in [1.165, 1.54) is 0 Å². The molecule has 4 heterocycles. The van der Waals surface area contributed by atoms with Crippen LogP contribution in [0.25, 0.3) is 11.3 Å². The molecule has 13 heteroatoms. The van der Waals surface area contributed by atoms with Crippen LogP contribution in [0.1, 0.15) is 19.8 Å². The number of piperazine rings is 1. The number of hydrogen-bond acceptors (Lipinski definition) is 10. The number of carbonyl (C=O) groups is 2. The number of hydrogen-bond donors (Lipinski definition) is 2. The molecule has 0 radical (unpaired) electrons. The monoisotopic (exact) mass is 497 g/mol. The van der Waals surface area contributed by atoms with Crippen LogP contribution in [0.5, 0.6) is 5.88 Å². The van der Waals surface area contributed by atoms with Crippen molar-refractivity contribution < 1.29 is 19.1 Å². The van der Waals surface area contributed by atoms with Crippen LogP contribution in [-0.4, -0.2) is 106 Å². The standard InChI is InChI=1S/C23H31N9O4/c1-14-20(33)25-3-4-32(14)23(34)30(2)16-9-17(10-16)36-19-11-18(15-12-26-21(24)27-13-15)28-22(29-19)31-5-7-35-8-6-31/h11-14,16-17H,3-10H2,1-2H3,(H,25,33)(H2,24,26,27)/t14-,16-,17-/m0/s1. The number of amides is 3. The molecule has 13 nitrogen and oxygen atoms in total. The van der Waals surface area contributed by atoms with Gasteiger partial charge in [0.25, 0.3) is 0 Å². The van der Waals surface area contributed by atoms with Crippen molar-refractivity contribution in [3.63, 3.8) is 0 Å². The Balaban J connectivity index is 1.27. The Hall–Kier alpha value is -3.74. The summed E-state index contributed by atoms with van der Waals surface area (Å²) in [6.07, 6.45) is 4.51. The topological polar surface area (TPSA) is 152 Å². The molecule has 2 aromatic rings. The van der Waals surface area contributed by atoms with Gasteiger partial charge in [-0.25, -0.2) is 19.7 Å². The number of nitrogens with zero attached hydrogens (tertiary/aromatic N) is 7. The average Bonchev–Trinajstić information content (AvgIpc) is 2.87. The minimum Gasteiger partial charge on any atom is -0.474 e. The second-order valence-electron chi connectivity index (χ2n) is 9.24. The van der Waals surface area contributed by atoms with Crippen LogP contribution >= 0.6 is 0 Å². The minimum absolute atomic E-state index is 0.0326. The molecule has 0 aromatic carbocycles. The summed E-state index contributed by atoms with van der Waals surface area (Å²) < 4.78 is 11.7. The Kier molecular flexibility index (Phi) is 6.72. The number of morpholine rings is 1. The first kappa shape index (κ1) is 24.0. The van der Waals surface area contributed by atoms with Crippen LogP contribution in [0.3, 0.4) is 0 Å². The summed E-state index contributed by atoms with van der Waals surface area (Å²) >= 11 is 0. The smallest absolute Gasteiger partial charge is 0.320 e. The van der Waals surface area contributed by atoms with Crippen LogP contribution < -0.4 is 20.7 Å². The summed E-state index contributed by atoms with van der Waals surface area (Å²) in [7, 11) is 1.78. The predicted molar refractivity (Wildman–Crippen MR) is 130 cm³/mol. The SMILES string of the molecule is C[C@H]1C(=O)NCCN1C(=O)N(C)[C@H]1C[C@H](Oc2cc(-c3cnc(N)nc3)nc(N3CCOCC3)n2)C1. The van der Waals surface area contributed by atoms with Crippen LogP contribution in [0.15, 0.2) is 18.5 Å². The number of aromatic nitrogens is 4. The van der Waals surface area contributed by atoms with E-state index in [4.69, 9.17) is 20.2 Å². The van der Waals surface area contributed by atoms with Crippen molar-refractivity contribution in [2.75, 3.05) is 57.1 Å². The fourth-order valence-corrected chi connectivity index (χ4v) is 4.52. The molecule has 3 aliphatic rings. The zero-order valence-corrected chi connectivity index (χ0v) is 20.5. The molecule has 5 rings (SSSR count). The third-order valence-electron chi connectivity index (χ3n) is 6.90. The van der Waals surface area contributed by atoms with E-state index in [0.29, 0.717) is 75.3 Å². The van der Waals surface area contributed by atoms with Gasteiger partial charge < -0.3 is 35.2 Å². The zero-order chi connectivity index (χ0) is 25.2. The van der Waals surface area contributed by atoms with E-state index in [-0.39, 0.29) is 30.0 Å². The molecular formula is C23H31N9O4. The number of carbonyl (C=O) groups excluding carboxylic acids is 2. The summed E-state index contributed by atoms with van der Waals surface area (Å²) in [4.78, 5) is 47.8. The summed E-state index contributed by atoms with van der Waals surface area (Å²) in [5.41, 5.74) is 6.99. The van der Waals surface area contributed by atoms with Crippen LogP contribution in [0.4, 0.5) is 16.7 Å². The van der Waals surface area contributed by atoms with E-state index in [1.807, 2.05) is 0 Å². The van der Waals surface area contributed by atoms with E-state index in [9.17, 15) is 9.59 Å². The molecule has 0 bridgehead atoms. The predicted octanol–water partition coefficient (Wildman–Crippen LogP) is 0.134. The van der Waals surface area contributed by atoms with Gasteiger partial charge in [0.05, 0.1) is 18.9 Å². The number of anilines is 2. The van der Waals surface area contributed by atoms with Gasteiger partial charge in [-0.2, -0.15) is 4.98 Å². The van der Waals surface area contributed by atoms with Gasteiger partial charge in [0.1, 0.15) is 12.1 Å². The average molecular weight is 498 g/mol. The number of urea groups is 1. The largest absolute Gasteiger partial charge is 0.474 e. The second kappa shape index (κ2) is 10.1. The van der Waals surface area contributed by atoms with E-state index in [2.05, 4.69) is 25.2 Å². The maximum Gasteiger partial charge on any atom is 0.320 e. The third-order valence-corrected chi connectivity index (χ3v) is 6.90. The molecule has 2 aliphatic heterocycles. The summed E-state index contributed by atoms with van der Waals surface area (Å²) in [6.45, 7) is 5.32. The Morgan fingerprint density at radius 2 is 1.92 bits per heavy atom. The number of rotatable bonds is 5. The molecule has 36 heavy (non-hydrogen) atoms. The van der Waals surface area contributed by atoms with E-state index in [0.717, 1.165) is 0 Å². The van der Waals surface area contributed by atoms with Crippen molar-refractivity contribution in [3.8, 4) is 17.1 Å². The molecule has 192 valence electrons. The molecular weight excluding hydrogens is 466 g/mol. The molecule has 0 unspecified atom stereocenters. The van der Waals surface area contributed by atoms with Crippen molar-refractivity contribution >= 4 is 23.8 Å². The normalized spacial score (nSPS) is 24.1. The summed E-state index contributed by atoms with van der Waals surface area (Å²) in [6, 6.07) is 1.19. The lowest BCUT2D eigenvalue weighted by atomic mass is 9.88. The van der Waals surface area contributed by atoms with Gasteiger partial charge in [-0.3, -0.25) is 4.79 Å². The highest BCUT2D eigenvalue weighted by Gasteiger charge is 2.39. The molecule has 3 amide bonds. The van der Waals surface area contributed by atoms with Gasteiger partial charge in [0, 0.05) is 76.1 Å². The van der Waals surface area contributed by atoms with E-state index in [1.54, 1.807) is 42.2 Å². The lowest BCUT2D eigenvalue weighted by Gasteiger charge is -2.44. The Morgan fingerprint density at radius 3 is 2.64 bits per heavy atom. The van der Waals surface area contributed by atoms with Gasteiger partial charge >= 0.3 is 6.03 Å². The van der Waals surface area contributed by atoms with Crippen molar-refractivity contribution in [2.45, 2.75) is 38.0 Å². The Bertz CT molecular complexity index is 1100. The molecule has 2 saturated heterocycles. The molecule has 3 fully saturated rings. The van der Waals surface area contributed by atoms with Gasteiger partial charge in [-0.15, -0.1) is 0 Å². The first-order valence-electron chi connectivity index (χ1n) is 12.2. The molecule has 1 atom stereocenters. The highest BCUT2D eigenvalue weighted by molar-refractivity contribution is 5.88. The molecule has 3 N–H and O–H groups in total. The zero-order valence-electron chi connectivity index (χ0n) is 20.5. The first-order valence-corrected chi connectivity index (χ1v) is 12.2. The Morgan fingerprint density at radius 1 is 1.19 bits per heavy atom. The second-order valence-corrected chi connectivity index (χ2v) is 9.24. The van der Waals surface area contributed by atoms with Gasteiger partial charge in [-0.05, 0) is 6.92 Å². The lowest BCUT2D eigenvalue weighted by Crippen LogP contribution is -2.61. The van der Waals surface area contributed by atoms with E-state index >= 15 is 0 Å². The van der Waals surface area contributed by atoms with E-state index < -0.39 is 6.04 Å². The summed E-state index contributed by atoms with van der Waals surface area (Å²) in [5, 5.41) is 2.79. The molecule has 2 aromatic heterocycles. The number of nitrogen functional groups attached to an aromatic ring is 1. The van der Waals surface area contributed by atoms with Gasteiger partial charge in [-0.1, -0.05) is 0 Å². The van der Waals surface area contributed by atoms with Gasteiger partial charge in [0.15, 0.2) is 0 Å². The minimum atomic E-state index is -0.476. The fraction of sp³-hybridized carbons (Fsp3) is 0.565. The third kappa shape index (κ3) is 4.96. The maximum atomic E-state index is 13.0. The number of nitrogens with one attached hydrogen (secondary N) is 1. The Labute approximate surface area is 209 Å². The quantitative estimate of drug-likeness (QED) is 0.583. The number of nitrogens with two attached hydrogens (primary N) is 1. The van der Waals surface area contributed by atoms with Crippen LogP contribution in [-0.2, 0) is 9.53 Å². The van der Waals surface area contributed by atoms with Crippen LogP contribution in [0, 0.1) is 0 Å². The van der Waals surface area contributed by atoms with Crippen molar-refractivity contribution in [2.24, 2.45) is 0 Å². The van der Waals surface area contributed by atoms with Crippen molar-refractivity contribution in [1.82, 2.24) is 35.1 Å². The van der Waals surface area contributed by atoms with Crippen molar-refractivity contribution in [3.05, 3.63) is 18.5 Å².